The van der Waals surface area contributed by atoms with Gasteiger partial charge in [0.2, 0.25) is 0 Å². The van der Waals surface area contributed by atoms with Crippen LogP contribution in [0, 0.1) is 10.1 Å². The monoisotopic (exact) mass is 455 g/mol. The summed E-state index contributed by atoms with van der Waals surface area (Å²) in [5.74, 6) is 0.824. The van der Waals surface area contributed by atoms with E-state index in [2.05, 4.69) is 5.32 Å². The molecular formula is C24H29N3O6. The van der Waals surface area contributed by atoms with Crippen LogP contribution in [0.2, 0.25) is 0 Å². The number of carbonyl (C=O) groups is 1. The van der Waals surface area contributed by atoms with Gasteiger partial charge >= 0.3 is 0 Å². The Morgan fingerprint density at radius 1 is 1.18 bits per heavy atom. The molecule has 33 heavy (non-hydrogen) atoms. The van der Waals surface area contributed by atoms with Gasteiger partial charge in [0, 0.05) is 37.9 Å². The second-order valence-corrected chi connectivity index (χ2v) is 8.27. The first-order valence-corrected chi connectivity index (χ1v) is 11.3. The molecule has 2 aromatic rings. The first kappa shape index (κ1) is 22.8. The lowest BCUT2D eigenvalue weighted by Gasteiger charge is -2.18. The second-order valence-electron chi connectivity index (χ2n) is 8.27. The van der Waals surface area contributed by atoms with Crippen molar-refractivity contribution in [1.29, 1.82) is 0 Å². The average Bonchev–Trinajstić information content (AvgIpc) is 3.55. The van der Waals surface area contributed by atoms with Gasteiger partial charge in [0.1, 0.15) is 12.3 Å². The number of anilines is 1. The fourth-order valence-electron chi connectivity index (χ4n) is 4.22. The Morgan fingerprint density at radius 3 is 2.70 bits per heavy atom. The summed E-state index contributed by atoms with van der Waals surface area (Å²) in [6, 6.07) is 10.1. The largest absolute Gasteiger partial charge is 0.493 e. The third kappa shape index (κ3) is 5.54. The molecule has 0 spiro atoms. The van der Waals surface area contributed by atoms with Gasteiger partial charge in [-0.2, -0.15) is 0 Å². The molecule has 2 aromatic carbocycles. The lowest BCUT2D eigenvalue weighted by molar-refractivity contribution is -0.384. The summed E-state index contributed by atoms with van der Waals surface area (Å²) >= 11 is 0. The van der Waals surface area contributed by atoms with E-state index in [9.17, 15) is 14.9 Å². The van der Waals surface area contributed by atoms with Crippen LogP contribution >= 0.6 is 0 Å². The maximum atomic E-state index is 12.7. The third-order valence-electron chi connectivity index (χ3n) is 6.01. The minimum Gasteiger partial charge on any atom is -0.493 e. The van der Waals surface area contributed by atoms with E-state index in [0.717, 1.165) is 50.9 Å². The van der Waals surface area contributed by atoms with E-state index >= 15 is 0 Å². The van der Waals surface area contributed by atoms with E-state index in [4.69, 9.17) is 14.2 Å². The number of hydrogen-bond acceptors (Lipinski definition) is 7. The lowest BCUT2D eigenvalue weighted by Crippen LogP contribution is -2.24. The molecule has 0 radical (unpaired) electrons. The Kier molecular flexibility index (Phi) is 7.29. The van der Waals surface area contributed by atoms with Crippen LogP contribution in [-0.4, -0.2) is 50.3 Å². The van der Waals surface area contributed by atoms with Gasteiger partial charge in [0.15, 0.2) is 11.5 Å². The van der Waals surface area contributed by atoms with Gasteiger partial charge in [-0.25, -0.2) is 0 Å². The first-order chi connectivity index (χ1) is 16.0. The third-order valence-corrected chi connectivity index (χ3v) is 6.01. The molecule has 1 amide bonds. The average molecular weight is 456 g/mol. The first-order valence-electron chi connectivity index (χ1n) is 11.3. The van der Waals surface area contributed by atoms with Crippen LogP contribution in [0.5, 0.6) is 11.5 Å². The zero-order chi connectivity index (χ0) is 23.2. The molecule has 9 heteroatoms. The maximum Gasteiger partial charge on any atom is 0.293 e. The summed E-state index contributed by atoms with van der Waals surface area (Å²) in [5.41, 5.74) is 1.61. The quantitative estimate of drug-likeness (QED) is 0.454. The molecular weight excluding hydrogens is 426 g/mol. The van der Waals surface area contributed by atoms with E-state index in [1.54, 1.807) is 19.2 Å². The number of nitrogens with one attached hydrogen (secondary N) is 1. The smallest absolute Gasteiger partial charge is 0.293 e. The number of amides is 1. The summed E-state index contributed by atoms with van der Waals surface area (Å²) < 4.78 is 16.9. The number of carbonyl (C=O) groups excluding carboxylic acids is 1. The van der Waals surface area contributed by atoms with E-state index in [1.165, 1.54) is 6.07 Å². The van der Waals surface area contributed by atoms with Crippen LogP contribution in [0.3, 0.4) is 0 Å². The minimum absolute atomic E-state index is 0.0426. The maximum absolute atomic E-state index is 12.7. The van der Waals surface area contributed by atoms with Gasteiger partial charge in [-0.05, 0) is 55.5 Å². The molecule has 2 saturated heterocycles. The highest BCUT2D eigenvalue weighted by Gasteiger charge is 2.24. The summed E-state index contributed by atoms with van der Waals surface area (Å²) in [6.07, 6.45) is 4.18. The minimum atomic E-state index is -0.426. The molecule has 0 aliphatic carbocycles. The number of nitrogens with zero attached hydrogens (tertiary/aromatic N) is 2. The molecule has 2 aliphatic rings. The molecule has 2 heterocycles. The van der Waals surface area contributed by atoms with Crippen molar-refractivity contribution in [3.63, 3.8) is 0 Å². The van der Waals surface area contributed by atoms with E-state index < -0.39 is 4.92 Å². The Morgan fingerprint density at radius 2 is 2.00 bits per heavy atom. The fourth-order valence-corrected chi connectivity index (χ4v) is 4.22. The molecule has 0 saturated carbocycles. The normalized spacial score (nSPS) is 17.7. The molecule has 0 bridgehead atoms. The van der Waals surface area contributed by atoms with Crippen molar-refractivity contribution in [2.24, 2.45) is 0 Å². The van der Waals surface area contributed by atoms with E-state index in [-0.39, 0.29) is 29.8 Å². The summed E-state index contributed by atoms with van der Waals surface area (Å²) in [6.45, 7) is 3.08. The number of nitro benzene ring substituents is 1. The highest BCUT2D eigenvalue weighted by molar-refractivity contribution is 5.95. The van der Waals surface area contributed by atoms with E-state index in [1.807, 2.05) is 23.1 Å². The fraction of sp³-hybridized carbons (Fsp3) is 0.458. The molecule has 2 aliphatic heterocycles. The predicted octanol–water partition coefficient (Wildman–Crippen LogP) is 3.69. The second kappa shape index (κ2) is 10.5. The van der Waals surface area contributed by atoms with Crippen LogP contribution in [0.4, 0.5) is 11.4 Å². The highest BCUT2D eigenvalue weighted by Crippen LogP contribution is 2.32. The number of ether oxygens (including phenoxy) is 3. The molecule has 2 fully saturated rings. The Hall–Kier alpha value is -3.33. The van der Waals surface area contributed by atoms with Crippen molar-refractivity contribution in [3.05, 3.63) is 57.6 Å². The van der Waals surface area contributed by atoms with Crippen molar-refractivity contribution in [1.82, 2.24) is 5.32 Å². The molecule has 1 N–H and O–H groups in total. The van der Waals surface area contributed by atoms with E-state index in [0.29, 0.717) is 23.8 Å². The SMILES string of the molecule is COc1cc(CNC(=O)c2ccc(N3CCCC3)c([N+](=O)[O-])c2)ccc1OCC1CCCO1. The van der Waals surface area contributed by atoms with Crippen LogP contribution in [-0.2, 0) is 11.3 Å². The molecule has 4 rings (SSSR count). The van der Waals surface area contributed by atoms with Crippen molar-refractivity contribution >= 4 is 17.3 Å². The van der Waals surface area contributed by atoms with Crippen LogP contribution in [0.1, 0.15) is 41.6 Å². The van der Waals surface area contributed by atoms with Crippen molar-refractivity contribution in [3.8, 4) is 11.5 Å². The predicted molar refractivity (Wildman–Crippen MR) is 123 cm³/mol. The van der Waals surface area contributed by atoms with Gasteiger partial charge in [-0.1, -0.05) is 6.07 Å². The Balaban J connectivity index is 1.39. The zero-order valence-corrected chi connectivity index (χ0v) is 18.7. The topological polar surface area (TPSA) is 103 Å². The number of nitro groups is 1. The molecule has 176 valence electrons. The van der Waals surface area contributed by atoms with Gasteiger partial charge in [0.05, 0.1) is 18.1 Å². The lowest BCUT2D eigenvalue weighted by atomic mass is 10.1. The highest BCUT2D eigenvalue weighted by atomic mass is 16.6. The molecule has 0 aromatic heterocycles. The number of benzene rings is 2. The molecule has 1 unspecified atom stereocenters. The number of methoxy groups -OCH3 is 1. The van der Waals surface area contributed by atoms with Crippen molar-refractivity contribution in [2.45, 2.75) is 38.3 Å². The van der Waals surface area contributed by atoms with Crippen molar-refractivity contribution in [2.75, 3.05) is 38.3 Å². The molecule has 1 atom stereocenters. The standard InChI is InChI=1S/C24H29N3O6/c1-31-23-13-17(6-9-22(23)33-16-19-5-4-12-32-19)15-25-24(28)18-7-8-20(21(14-18)27(29)30)26-10-2-3-11-26/h6-9,13-14,19H,2-5,10-12,15-16H2,1H3,(H,25,28). The van der Waals surface area contributed by atoms with Gasteiger partial charge < -0.3 is 24.4 Å². The molecule has 9 nitrogen and oxygen atoms in total. The number of hydrogen-bond donors (Lipinski definition) is 1. The van der Waals surface area contributed by atoms with Gasteiger partial charge in [-0.3, -0.25) is 14.9 Å². The Labute approximate surface area is 192 Å². The van der Waals surface area contributed by atoms with Crippen LogP contribution < -0.4 is 19.7 Å². The van der Waals surface area contributed by atoms with Crippen LogP contribution in [0.15, 0.2) is 36.4 Å². The summed E-state index contributed by atoms with van der Waals surface area (Å²) in [7, 11) is 1.57. The Bertz CT molecular complexity index is 1000. The van der Waals surface area contributed by atoms with Crippen molar-refractivity contribution < 1.29 is 23.9 Å². The number of rotatable bonds is 9. The van der Waals surface area contributed by atoms with Crippen LogP contribution in [0.25, 0.3) is 0 Å². The van der Waals surface area contributed by atoms with Gasteiger partial charge in [-0.15, -0.1) is 0 Å². The zero-order valence-electron chi connectivity index (χ0n) is 18.7. The van der Waals surface area contributed by atoms with Gasteiger partial charge in [0.25, 0.3) is 11.6 Å². The summed E-state index contributed by atoms with van der Waals surface area (Å²) in [4.78, 5) is 25.8. The summed E-state index contributed by atoms with van der Waals surface area (Å²) in [5, 5.41) is 14.4.